The number of aromatic amines is 1. The fourth-order valence-electron chi connectivity index (χ4n) is 3.01. The molecule has 0 bridgehead atoms. The van der Waals surface area contributed by atoms with Gasteiger partial charge in [0.15, 0.2) is 0 Å². The number of alkyl halides is 3. The zero-order valence-electron chi connectivity index (χ0n) is 14.2. The molecule has 28 heavy (non-hydrogen) atoms. The summed E-state index contributed by atoms with van der Waals surface area (Å²) in [6, 6.07) is 9.99. The highest BCUT2D eigenvalue weighted by molar-refractivity contribution is 5.95. The second-order valence-corrected chi connectivity index (χ2v) is 6.14. The molecule has 0 fully saturated rings. The van der Waals surface area contributed by atoms with Crippen LogP contribution in [0.1, 0.15) is 11.3 Å². The maximum absolute atomic E-state index is 13.0. The van der Waals surface area contributed by atoms with Crippen LogP contribution in [0.5, 0.6) is 0 Å². The van der Waals surface area contributed by atoms with Gasteiger partial charge in [0.1, 0.15) is 17.1 Å². The number of hydrogen-bond donors (Lipinski definition) is 3. The number of pyridine rings is 1. The van der Waals surface area contributed by atoms with Gasteiger partial charge in [-0.05, 0) is 12.1 Å². The van der Waals surface area contributed by atoms with Crippen molar-refractivity contribution in [3.05, 3.63) is 80.5 Å². The van der Waals surface area contributed by atoms with Crippen molar-refractivity contribution < 1.29 is 13.2 Å². The molecule has 2 heterocycles. The van der Waals surface area contributed by atoms with Crippen LogP contribution in [0.2, 0.25) is 0 Å². The number of benzene rings is 1. The summed E-state index contributed by atoms with van der Waals surface area (Å²) in [5, 5.41) is 6.34. The van der Waals surface area contributed by atoms with Gasteiger partial charge in [-0.1, -0.05) is 24.3 Å². The van der Waals surface area contributed by atoms with E-state index in [1.165, 1.54) is 12.1 Å². The van der Waals surface area contributed by atoms with Crippen LogP contribution in [0.3, 0.4) is 0 Å². The molecule has 6 nitrogen and oxygen atoms in total. The second kappa shape index (κ2) is 6.52. The molecule has 2 aromatic carbocycles. The molecular weight excluding hydrogens is 373 g/mol. The first kappa shape index (κ1) is 17.8. The Hall–Kier alpha value is -3.62. The molecule has 0 saturated carbocycles. The summed E-state index contributed by atoms with van der Waals surface area (Å²) < 4.78 is 39.1. The zero-order valence-corrected chi connectivity index (χ0v) is 14.2. The summed E-state index contributed by atoms with van der Waals surface area (Å²) in [7, 11) is 0. The minimum atomic E-state index is -4.61. The number of nitrogens with one attached hydrogen (secondary N) is 3. The number of aromatic nitrogens is 2. The number of anilines is 3. The van der Waals surface area contributed by atoms with Crippen LogP contribution in [0.25, 0.3) is 10.9 Å². The zero-order chi connectivity index (χ0) is 19.9. The highest BCUT2D eigenvalue weighted by Gasteiger charge is 2.35. The predicted octanol–water partition coefficient (Wildman–Crippen LogP) is 3.53. The molecule has 0 aliphatic rings. The van der Waals surface area contributed by atoms with E-state index in [1.807, 2.05) is 24.3 Å². The summed E-state index contributed by atoms with van der Waals surface area (Å²) >= 11 is 0. The molecule has 4 rings (SSSR count). The van der Waals surface area contributed by atoms with Crippen molar-refractivity contribution >= 4 is 28.0 Å². The number of halogens is 3. The Kier molecular flexibility index (Phi) is 4.14. The van der Waals surface area contributed by atoms with E-state index in [1.54, 1.807) is 6.20 Å². The lowest BCUT2D eigenvalue weighted by atomic mass is 10.1. The summed E-state index contributed by atoms with van der Waals surface area (Å²) in [5.41, 5.74) is -1.27. The minimum Gasteiger partial charge on any atom is -0.376 e. The quantitative estimate of drug-likeness (QED) is 0.457. The van der Waals surface area contributed by atoms with Gasteiger partial charge in [0.25, 0.3) is 10.9 Å². The number of rotatable bonds is 5. The van der Waals surface area contributed by atoms with Crippen molar-refractivity contribution in [2.45, 2.75) is 12.7 Å². The summed E-state index contributed by atoms with van der Waals surface area (Å²) in [4.78, 5) is 30.3. The fraction of sp³-hybridized carbons (Fsp3) is 0.105. The molecule has 0 unspecified atom stereocenters. The van der Waals surface area contributed by atoms with E-state index in [2.05, 4.69) is 20.6 Å². The average molecular weight is 386 g/mol. The van der Waals surface area contributed by atoms with E-state index in [4.69, 9.17) is 0 Å². The van der Waals surface area contributed by atoms with Crippen LogP contribution in [0, 0.1) is 0 Å². The molecular formula is C19H13F3N4O2. The lowest BCUT2D eigenvalue weighted by Crippen LogP contribution is -2.36. The molecule has 0 aliphatic carbocycles. The van der Waals surface area contributed by atoms with E-state index in [0.29, 0.717) is 5.69 Å². The molecule has 0 amide bonds. The third-order valence-electron chi connectivity index (χ3n) is 4.37. The van der Waals surface area contributed by atoms with Crippen molar-refractivity contribution in [2.24, 2.45) is 0 Å². The van der Waals surface area contributed by atoms with E-state index >= 15 is 0 Å². The highest BCUT2D eigenvalue weighted by atomic mass is 19.4. The Labute approximate surface area is 155 Å². The fourth-order valence-corrected chi connectivity index (χ4v) is 3.01. The first-order chi connectivity index (χ1) is 13.4. The lowest BCUT2D eigenvalue weighted by molar-refractivity contribution is -0.141. The number of para-hydroxylation sites is 1. The largest absolute Gasteiger partial charge is 0.433 e. The molecule has 0 saturated heterocycles. The minimum absolute atomic E-state index is 0.0206. The number of nitrogens with zero attached hydrogens (tertiary/aromatic N) is 1. The van der Waals surface area contributed by atoms with Gasteiger partial charge in [-0.3, -0.25) is 14.6 Å². The average Bonchev–Trinajstić information content (AvgIpc) is 3.09. The SMILES string of the molecule is O=c1c(NCc2cccnc2C(F)(F)F)c(Nc2c[nH]c3ccccc23)c1=O. The third kappa shape index (κ3) is 3.00. The topological polar surface area (TPSA) is 86.9 Å². The molecule has 0 aliphatic heterocycles. The Morgan fingerprint density at radius 3 is 2.54 bits per heavy atom. The monoisotopic (exact) mass is 386 g/mol. The Bertz CT molecular complexity index is 1240. The van der Waals surface area contributed by atoms with E-state index < -0.39 is 22.7 Å². The maximum atomic E-state index is 13.0. The lowest BCUT2D eigenvalue weighted by Gasteiger charge is -2.16. The van der Waals surface area contributed by atoms with Gasteiger partial charge in [0.2, 0.25) is 0 Å². The van der Waals surface area contributed by atoms with Gasteiger partial charge in [-0.25, -0.2) is 0 Å². The van der Waals surface area contributed by atoms with E-state index in [9.17, 15) is 22.8 Å². The molecule has 0 radical (unpaired) electrons. The molecule has 0 spiro atoms. The molecule has 4 aromatic rings. The molecule has 2 aromatic heterocycles. The van der Waals surface area contributed by atoms with Crippen LogP contribution < -0.4 is 21.5 Å². The van der Waals surface area contributed by atoms with Gasteiger partial charge in [-0.2, -0.15) is 13.2 Å². The van der Waals surface area contributed by atoms with Crippen molar-refractivity contribution in [3.63, 3.8) is 0 Å². The van der Waals surface area contributed by atoms with Crippen LogP contribution >= 0.6 is 0 Å². The molecule has 3 N–H and O–H groups in total. The molecule has 9 heteroatoms. The van der Waals surface area contributed by atoms with Crippen molar-refractivity contribution in [1.82, 2.24) is 9.97 Å². The van der Waals surface area contributed by atoms with Gasteiger partial charge in [0.05, 0.1) is 5.69 Å². The van der Waals surface area contributed by atoms with Crippen molar-refractivity contribution in [2.75, 3.05) is 10.6 Å². The predicted molar refractivity (Wildman–Crippen MR) is 99.5 cm³/mol. The standard InChI is InChI=1S/C19H13F3N4O2/c20-19(21,22)18-10(4-3-7-23-18)8-25-14-15(17(28)16(14)27)26-13-9-24-12-6-2-1-5-11(12)13/h1-7,9,24-26H,8H2. The highest BCUT2D eigenvalue weighted by Crippen LogP contribution is 2.31. The first-order valence-corrected chi connectivity index (χ1v) is 8.27. The summed E-state index contributed by atoms with van der Waals surface area (Å²) in [6.07, 6.45) is -1.92. The molecule has 0 atom stereocenters. The first-order valence-electron chi connectivity index (χ1n) is 8.27. The van der Waals surface area contributed by atoms with Crippen LogP contribution in [0.15, 0.2) is 58.4 Å². The van der Waals surface area contributed by atoms with E-state index in [-0.39, 0.29) is 23.5 Å². The van der Waals surface area contributed by atoms with Crippen LogP contribution in [-0.2, 0) is 12.7 Å². The Balaban J connectivity index is 1.59. The number of fused-ring (bicyclic) bond motifs is 1. The van der Waals surface area contributed by atoms with E-state index in [0.717, 1.165) is 17.1 Å². The third-order valence-corrected chi connectivity index (χ3v) is 4.37. The summed E-state index contributed by atoms with van der Waals surface area (Å²) in [6.45, 7) is -0.296. The van der Waals surface area contributed by atoms with Crippen LogP contribution in [-0.4, -0.2) is 9.97 Å². The Morgan fingerprint density at radius 2 is 1.75 bits per heavy atom. The number of H-pyrrole nitrogens is 1. The number of hydrogen-bond acceptors (Lipinski definition) is 5. The second-order valence-electron chi connectivity index (χ2n) is 6.14. The van der Waals surface area contributed by atoms with Gasteiger partial charge < -0.3 is 15.6 Å². The van der Waals surface area contributed by atoms with Gasteiger partial charge in [-0.15, -0.1) is 0 Å². The maximum Gasteiger partial charge on any atom is 0.433 e. The smallest absolute Gasteiger partial charge is 0.376 e. The van der Waals surface area contributed by atoms with Crippen molar-refractivity contribution in [1.29, 1.82) is 0 Å². The van der Waals surface area contributed by atoms with Gasteiger partial charge in [0, 0.05) is 35.4 Å². The Morgan fingerprint density at radius 1 is 1.00 bits per heavy atom. The van der Waals surface area contributed by atoms with Crippen LogP contribution in [0.4, 0.5) is 30.2 Å². The normalized spacial score (nSPS) is 11.8. The van der Waals surface area contributed by atoms with Crippen molar-refractivity contribution in [3.8, 4) is 0 Å². The summed E-state index contributed by atoms with van der Waals surface area (Å²) in [5.74, 6) is 0. The molecule has 142 valence electrons. The van der Waals surface area contributed by atoms with Gasteiger partial charge >= 0.3 is 6.18 Å².